The van der Waals surface area contributed by atoms with E-state index >= 15 is 0 Å². The molecule has 0 heterocycles. The van der Waals surface area contributed by atoms with E-state index in [0.717, 1.165) is 18.5 Å². The second kappa shape index (κ2) is 6.25. The van der Waals surface area contributed by atoms with Gasteiger partial charge in [0.2, 0.25) is 0 Å². The molecule has 0 aliphatic rings. The van der Waals surface area contributed by atoms with Gasteiger partial charge in [-0.2, -0.15) is 0 Å². The van der Waals surface area contributed by atoms with Gasteiger partial charge in [-0.05, 0) is 25.0 Å². The third kappa shape index (κ3) is 4.17. The van der Waals surface area contributed by atoms with Crippen molar-refractivity contribution in [2.45, 2.75) is 18.9 Å². The number of hydrogen-bond acceptors (Lipinski definition) is 2. The van der Waals surface area contributed by atoms with E-state index in [4.69, 9.17) is 0 Å². The third-order valence-electron chi connectivity index (χ3n) is 2.39. The van der Waals surface area contributed by atoms with Crippen LogP contribution in [0.5, 0.6) is 0 Å². The van der Waals surface area contributed by atoms with Crippen molar-refractivity contribution in [2.75, 3.05) is 18.5 Å². The van der Waals surface area contributed by atoms with Crippen molar-refractivity contribution in [2.24, 2.45) is 0 Å². The summed E-state index contributed by atoms with van der Waals surface area (Å²) in [4.78, 5) is 2.06. The lowest BCUT2D eigenvalue weighted by atomic mass is 10.2. The van der Waals surface area contributed by atoms with Crippen molar-refractivity contribution < 1.29 is 5.11 Å². The quantitative estimate of drug-likeness (QED) is 0.721. The molecule has 1 aromatic rings. The van der Waals surface area contributed by atoms with Crippen LogP contribution in [0, 0.1) is 0 Å². The van der Waals surface area contributed by atoms with Gasteiger partial charge in [-0.15, -0.1) is 6.58 Å². The molecule has 1 rings (SSSR count). The van der Waals surface area contributed by atoms with Gasteiger partial charge < -0.3 is 10.0 Å². The zero-order valence-corrected chi connectivity index (χ0v) is 9.26. The molecule has 1 atom stereocenters. The number of hydrogen-bond donors (Lipinski definition) is 1. The van der Waals surface area contributed by atoms with Crippen molar-refractivity contribution in [1.82, 2.24) is 0 Å². The van der Waals surface area contributed by atoms with Crippen LogP contribution in [0.1, 0.15) is 12.8 Å². The molecule has 1 N–H and O–H groups in total. The van der Waals surface area contributed by atoms with Crippen LogP contribution in [0.15, 0.2) is 43.0 Å². The summed E-state index contributed by atoms with van der Waals surface area (Å²) in [7, 11) is 1.99. The Balaban J connectivity index is 2.41. The first-order valence-electron chi connectivity index (χ1n) is 5.29. The predicted molar refractivity (Wildman–Crippen MR) is 65.1 cm³/mol. The van der Waals surface area contributed by atoms with Crippen LogP contribution in [-0.4, -0.2) is 24.8 Å². The fourth-order valence-electron chi connectivity index (χ4n) is 1.51. The molecule has 0 spiro atoms. The molecular formula is C13H19NO. The van der Waals surface area contributed by atoms with Crippen molar-refractivity contribution in [3.63, 3.8) is 0 Å². The number of benzene rings is 1. The average molecular weight is 205 g/mol. The standard InChI is InChI=1S/C13H19NO/c1-3-4-10-13(15)11-14(2)12-8-6-5-7-9-12/h3,5-9,13,15H,1,4,10-11H2,2H3. The van der Waals surface area contributed by atoms with Crippen LogP contribution in [0.4, 0.5) is 5.69 Å². The summed E-state index contributed by atoms with van der Waals surface area (Å²) in [6.45, 7) is 4.31. The molecule has 15 heavy (non-hydrogen) atoms. The van der Waals surface area contributed by atoms with E-state index in [2.05, 4.69) is 11.5 Å². The average Bonchev–Trinajstić information content (AvgIpc) is 2.27. The summed E-state index contributed by atoms with van der Waals surface area (Å²) in [5.74, 6) is 0. The molecule has 2 heteroatoms. The summed E-state index contributed by atoms with van der Waals surface area (Å²) in [6, 6.07) is 10.1. The molecule has 0 aliphatic carbocycles. The fraction of sp³-hybridized carbons (Fsp3) is 0.385. The molecule has 0 saturated carbocycles. The number of para-hydroxylation sites is 1. The molecule has 0 fully saturated rings. The Morgan fingerprint density at radius 2 is 2.07 bits per heavy atom. The van der Waals surface area contributed by atoms with Gasteiger partial charge >= 0.3 is 0 Å². The van der Waals surface area contributed by atoms with Gasteiger partial charge in [0.05, 0.1) is 6.10 Å². The predicted octanol–water partition coefficient (Wildman–Crippen LogP) is 2.45. The summed E-state index contributed by atoms with van der Waals surface area (Å²) in [5.41, 5.74) is 1.13. The molecule has 0 amide bonds. The Morgan fingerprint density at radius 1 is 1.40 bits per heavy atom. The topological polar surface area (TPSA) is 23.5 Å². The normalized spacial score (nSPS) is 12.1. The van der Waals surface area contributed by atoms with Gasteiger partial charge in [0.1, 0.15) is 0 Å². The van der Waals surface area contributed by atoms with Gasteiger partial charge in [-0.1, -0.05) is 24.3 Å². The first-order valence-corrected chi connectivity index (χ1v) is 5.29. The van der Waals surface area contributed by atoms with Gasteiger partial charge in [0.15, 0.2) is 0 Å². The zero-order chi connectivity index (χ0) is 11.1. The lowest BCUT2D eigenvalue weighted by molar-refractivity contribution is 0.172. The highest BCUT2D eigenvalue weighted by Crippen LogP contribution is 2.12. The first kappa shape index (κ1) is 11.8. The summed E-state index contributed by atoms with van der Waals surface area (Å²) in [6.07, 6.45) is 3.20. The van der Waals surface area contributed by atoms with Crippen LogP contribution in [-0.2, 0) is 0 Å². The summed E-state index contributed by atoms with van der Waals surface area (Å²) < 4.78 is 0. The van der Waals surface area contributed by atoms with Crippen LogP contribution in [0.25, 0.3) is 0 Å². The highest BCUT2D eigenvalue weighted by molar-refractivity contribution is 5.45. The van der Waals surface area contributed by atoms with Crippen LogP contribution >= 0.6 is 0 Å². The minimum absolute atomic E-state index is 0.284. The minimum atomic E-state index is -0.284. The molecule has 0 bridgehead atoms. The van der Waals surface area contributed by atoms with E-state index in [1.54, 1.807) is 0 Å². The Labute approximate surface area is 91.9 Å². The Bertz CT molecular complexity index is 284. The van der Waals surface area contributed by atoms with Crippen LogP contribution in [0.2, 0.25) is 0 Å². The molecule has 82 valence electrons. The SMILES string of the molecule is C=CCCC(O)CN(C)c1ccccc1. The molecular weight excluding hydrogens is 186 g/mol. The van der Waals surface area contributed by atoms with Crippen molar-refractivity contribution in [3.8, 4) is 0 Å². The van der Waals surface area contributed by atoms with Crippen molar-refractivity contribution in [3.05, 3.63) is 43.0 Å². The van der Waals surface area contributed by atoms with Gasteiger partial charge in [-0.3, -0.25) is 0 Å². The van der Waals surface area contributed by atoms with Gasteiger partial charge in [0.25, 0.3) is 0 Å². The number of aliphatic hydroxyl groups is 1. The van der Waals surface area contributed by atoms with E-state index in [-0.39, 0.29) is 6.10 Å². The maximum absolute atomic E-state index is 9.72. The first-order chi connectivity index (χ1) is 7.24. The fourth-order valence-corrected chi connectivity index (χ4v) is 1.51. The number of allylic oxidation sites excluding steroid dienone is 1. The lowest BCUT2D eigenvalue weighted by Gasteiger charge is -2.22. The second-order valence-corrected chi connectivity index (χ2v) is 3.74. The molecule has 0 saturated heterocycles. The monoisotopic (exact) mass is 205 g/mol. The Kier molecular flexibility index (Phi) is 4.91. The highest BCUT2D eigenvalue weighted by Gasteiger charge is 2.07. The second-order valence-electron chi connectivity index (χ2n) is 3.74. The Hall–Kier alpha value is -1.28. The van der Waals surface area contributed by atoms with E-state index in [1.165, 1.54) is 0 Å². The van der Waals surface area contributed by atoms with Crippen molar-refractivity contribution >= 4 is 5.69 Å². The minimum Gasteiger partial charge on any atom is -0.391 e. The van der Waals surface area contributed by atoms with Crippen LogP contribution < -0.4 is 4.90 Å². The van der Waals surface area contributed by atoms with Crippen LogP contribution in [0.3, 0.4) is 0 Å². The van der Waals surface area contributed by atoms with Crippen molar-refractivity contribution in [1.29, 1.82) is 0 Å². The highest BCUT2D eigenvalue weighted by atomic mass is 16.3. The lowest BCUT2D eigenvalue weighted by Crippen LogP contribution is -2.28. The van der Waals surface area contributed by atoms with Gasteiger partial charge in [-0.25, -0.2) is 0 Å². The number of rotatable bonds is 6. The summed E-state index contributed by atoms with van der Waals surface area (Å²) >= 11 is 0. The van der Waals surface area contributed by atoms with E-state index in [9.17, 15) is 5.11 Å². The van der Waals surface area contributed by atoms with E-state index in [1.807, 2.05) is 43.5 Å². The molecule has 0 radical (unpaired) electrons. The van der Waals surface area contributed by atoms with E-state index < -0.39 is 0 Å². The molecule has 0 aliphatic heterocycles. The molecule has 1 unspecified atom stereocenters. The molecule has 1 aromatic carbocycles. The maximum Gasteiger partial charge on any atom is 0.0717 e. The number of nitrogens with zero attached hydrogens (tertiary/aromatic N) is 1. The number of aliphatic hydroxyl groups excluding tert-OH is 1. The third-order valence-corrected chi connectivity index (χ3v) is 2.39. The van der Waals surface area contributed by atoms with Gasteiger partial charge in [0, 0.05) is 19.3 Å². The maximum atomic E-state index is 9.72. The largest absolute Gasteiger partial charge is 0.391 e. The number of anilines is 1. The number of likely N-dealkylation sites (N-methyl/N-ethyl adjacent to an activating group) is 1. The molecule has 0 aromatic heterocycles. The Morgan fingerprint density at radius 3 is 2.67 bits per heavy atom. The van der Waals surface area contributed by atoms with E-state index in [0.29, 0.717) is 6.54 Å². The zero-order valence-electron chi connectivity index (χ0n) is 9.26. The smallest absolute Gasteiger partial charge is 0.0717 e. The summed E-state index contributed by atoms with van der Waals surface area (Å²) in [5, 5.41) is 9.72. The molecule has 2 nitrogen and oxygen atoms in total.